The average molecular weight is 231 g/mol. The van der Waals surface area contributed by atoms with Crippen LogP contribution in [0.15, 0.2) is 12.3 Å². The maximum atomic E-state index is 11.3. The summed E-state index contributed by atoms with van der Waals surface area (Å²) in [5.41, 5.74) is -0.941. The molecule has 6 heteroatoms. The maximum Gasteiger partial charge on any atom is 0.331 e. The van der Waals surface area contributed by atoms with Gasteiger partial charge in [-0.3, -0.25) is 4.79 Å². The zero-order chi connectivity index (χ0) is 12.8. The third-order valence-corrected chi connectivity index (χ3v) is 2.04. The summed E-state index contributed by atoms with van der Waals surface area (Å²) in [7, 11) is 1.21. The van der Waals surface area contributed by atoms with Crippen molar-refractivity contribution >= 4 is 11.9 Å². The predicted molar refractivity (Wildman–Crippen MR) is 56.2 cm³/mol. The number of hydrogen-bond donors (Lipinski definition) is 3. The molecule has 16 heavy (non-hydrogen) atoms. The number of hydrogen-bond acceptors (Lipinski definition) is 5. The lowest BCUT2D eigenvalue weighted by Crippen LogP contribution is -2.44. The van der Waals surface area contributed by atoms with Gasteiger partial charge in [0.05, 0.1) is 13.7 Å². The molecular weight excluding hydrogens is 214 g/mol. The molecular formula is C10H17NO5. The van der Waals surface area contributed by atoms with Crippen LogP contribution < -0.4 is 5.32 Å². The molecule has 0 unspecified atom stereocenters. The van der Waals surface area contributed by atoms with E-state index in [2.05, 4.69) is 10.1 Å². The number of methoxy groups -OCH3 is 1. The lowest BCUT2D eigenvalue weighted by atomic mass is 9.87. The van der Waals surface area contributed by atoms with Crippen molar-refractivity contribution in [2.24, 2.45) is 5.41 Å². The molecule has 1 amide bonds. The SMILES string of the molecule is COC(=O)C=CNC(=O)[C@@H](O)C(C)(C)CO. The molecule has 1 atom stereocenters. The van der Waals surface area contributed by atoms with E-state index < -0.39 is 23.4 Å². The van der Waals surface area contributed by atoms with E-state index in [-0.39, 0.29) is 6.61 Å². The molecule has 0 aromatic rings. The topological polar surface area (TPSA) is 95.9 Å². The van der Waals surface area contributed by atoms with Crippen LogP contribution in [0.25, 0.3) is 0 Å². The van der Waals surface area contributed by atoms with Crippen molar-refractivity contribution in [3.05, 3.63) is 12.3 Å². The Morgan fingerprint density at radius 2 is 2.06 bits per heavy atom. The summed E-state index contributed by atoms with van der Waals surface area (Å²) >= 11 is 0. The Balaban J connectivity index is 4.27. The smallest absolute Gasteiger partial charge is 0.331 e. The van der Waals surface area contributed by atoms with Crippen LogP contribution in [0.1, 0.15) is 13.8 Å². The first kappa shape index (κ1) is 14.6. The van der Waals surface area contributed by atoms with E-state index in [1.807, 2.05) is 0 Å². The minimum Gasteiger partial charge on any atom is -0.466 e. The Kier molecular flexibility index (Phi) is 5.69. The van der Waals surface area contributed by atoms with Crippen LogP contribution in [0.2, 0.25) is 0 Å². The van der Waals surface area contributed by atoms with Gasteiger partial charge >= 0.3 is 5.97 Å². The fraction of sp³-hybridized carbons (Fsp3) is 0.600. The number of carbonyl (C=O) groups is 2. The van der Waals surface area contributed by atoms with Gasteiger partial charge in [0.2, 0.25) is 0 Å². The van der Waals surface area contributed by atoms with Crippen LogP contribution in [-0.4, -0.2) is 41.9 Å². The minimum absolute atomic E-state index is 0.331. The summed E-state index contributed by atoms with van der Waals surface area (Å²) in [6, 6.07) is 0. The van der Waals surface area contributed by atoms with Crippen molar-refractivity contribution in [2.75, 3.05) is 13.7 Å². The first-order valence-corrected chi connectivity index (χ1v) is 4.69. The molecule has 0 aromatic heterocycles. The summed E-state index contributed by atoms with van der Waals surface area (Å²) in [5.74, 6) is -1.31. The second-order valence-corrected chi connectivity index (χ2v) is 3.91. The van der Waals surface area contributed by atoms with E-state index in [4.69, 9.17) is 5.11 Å². The average Bonchev–Trinajstić information content (AvgIpc) is 2.27. The molecule has 0 aliphatic carbocycles. The van der Waals surface area contributed by atoms with Crippen molar-refractivity contribution in [1.29, 1.82) is 0 Å². The molecule has 0 heterocycles. The standard InChI is InChI=1S/C10H17NO5/c1-10(2,6-12)8(14)9(15)11-5-4-7(13)16-3/h4-5,8,12,14H,6H2,1-3H3,(H,11,15)/t8-/m1/s1. The second-order valence-electron chi connectivity index (χ2n) is 3.91. The van der Waals surface area contributed by atoms with E-state index in [1.165, 1.54) is 7.11 Å². The summed E-state index contributed by atoms with van der Waals surface area (Å²) in [4.78, 5) is 22.0. The van der Waals surface area contributed by atoms with Gasteiger partial charge in [0, 0.05) is 17.7 Å². The maximum absolute atomic E-state index is 11.3. The zero-order valence-corrected chi connectivity index (χ0v) is 9.56. The third-order valence-electron chi connectivity index (χ3n) is 2.04. The highest BCUT2D eigenvalue weighted by Crippen LogP contribution is 2.19. The molecule has 0 rings (SSSR count). The Morgan fingerprint density at radius 3 is 2.50 bits per heavy atom. The molecule has 92 valence electrons. The van der Waals surface area contributed by atoms with Crippen LogP contribution in [0.5, 0.6) is 0 Å². The summed E-state index contributed by atoms with van der Waals surface area (Å²) < 4.78 is 4.30. The van der Waals surface area contributed by atoms with E-state index in [0.717, 1.165) is 12.3 Å². The van der Waals surface area contributed by atoms with E-state index in [9.17, 15) is 14.7 Å². The lowest BCUT2D eigenvalue weighted by Gasteiger charge is -2.26. The van der Waals surface area contributed by atoms with E-state index in [1.54, 1.807) is 13.8 Å². The Labute approximate surface area is 93.9 Å². The van der Waals surface area contributed by atoms with Gasteiger partial charge in [0.25, 0.3) is 5.91 Å². The van der Waals surface area contributed by atoms with Gasteiger partial charge in [-0.15, -0.1) is 0 Å². The molecule has 0 aliphatic heterocycles. The number of rotatable bonds is 5. The van der Waals surface area contributed by atoms with Crippen molar-refractivity contribution in [3.8, 4) is 0 Å². The molecule has 0 saturated heterocycles. The second kappa shape index (κ2) is 6.24. The molecule has 0 saturated carbocycles. The highest BCUT2D eigenvalue weighted by atomic mass is 16.5. The van der Waals surface area contributed by atoms with Gasteiger partial charge in [-0.2, -0.15) is 0 Å². The minimum atomic E-state index is -1.36. The van der Waals surface area contributed by atoms with Gasteiger partial charge < -0.3 is 20.3 Å². The fourth-order valence-electron chi connectivity index (χ4n) is 0.780. The summed E-state index contributed by atoms with van der Waals surface area (Å²) in [5, 5.41) is 20.7. The van der Waals surface area contributed by atoms with Crippen molar-refractivity contribution < 1.29 is 24.5 Å². The molecule has 0 aromatic carbocycles. The zero-order valence-electron chi connectivity index (χ0n) is 9.56. The highest BCUT2D eigenvalue weighted by Gasteiger charge is 2.32. The molecule has 0 fully saturated rings. The predicted octanol–water partition coefficient (Wildman–Crippen LogP) is -0.831. The van der Waals surface area contributed by atoms with Gasteiger partial charge in [-0.25, -0.2) is 4.79 Å². The summed E-state index contributed by atoms with van der Waals surface area (Å²) in [6.45, 7) is 2.75. The normalized spacial score (nSPS) is 13.6. The molecule has 0 spiro atoms. The summed E-state index contributed by atoms with van der Waals surface area (Å²) in [6.07, 6.45) is 0.723. The first-order chi connectivity index (χ1) is 7.35. The number of esters is 1. The monoisotopic (exact) mass is 231 g/mol. The number of carbonyl (C=O) groups excluding carboxylic acids is 2. The molecule has 0 aliphatic rings. The Morgan fingerprint density at radius 1 is 1.50 bits per heavy atom. The number of ether oxygens (including phenoxy) is 1. The molecule has 0 bridgehead atoms. The van der Waals surface area contributed by atoms with Crippen LogP contribution in [-0.2, 0) is 14.3 Å². The van der Waals surface area contributed by atoms with E-state index >= 15 is 0 Å². The quantitative estimate of drug-likeness (QED) is 0.424. The Bertz CT molecular complexity index is 285. The Hall–Kier alpha value is -1.40. The van der Waals surface area contributed by atoms with Crippen molar-refractivity contribution in [1.82, 2.24) is 5.32 Å². The number of amides is 1. The van der Waals surface area contributed by atoms with Crippen LogP contribution in [0.4, 0.5) is 0 Å². The number of aliphatic hydroxyl groups is 2. The lowest BCUT2D eigenvalue weighted by molar-refractivity contribution is -0.136. The third kappa shape index (κ3) is 4.41. The van der Waals surface area contributed by atoms with E-state index in [0.29, 0.717) is 0 Å². The van der Waals surface area contributed by atoms with Gasteiger partial charge in [0.15, 0.2) is 0 Å². The largest absolute Gasteiger partial charge is 0.466 e. The molecule has 0 radical (unpaired) electrons. The van der Waals surface area contributed by atoms with Gasteiger partial charge in [-0.1, -0.05) is 13.8 Å². The van der Waals surface area contributed by atoms with Gasteiger partial charge in [-0.05, 0) is 0 Å². The van der Waals surface area contributed by atoms with Crippen LogP contribution >= 0.6 is 0 Å². The molecule has 3 N–H and O–H groups in total. The number of aliphatic hydroxyl groups excluding tert-OH is 2. The highest BCUT2D eigenvalue weighted by molar-refractivity contribution is 5.85. The molecule has 6 nitrogen and oxygen atoms in total. The first-order valence-electron chi connectivity index (χ1n) is 4.69. The fourth-order valence-corrected chi connectivity index (χ4v) is 0.780. The van der Waals surface area contributed by atoms with Crippen LogP contribution in [0.3, 0.4) is 0 Å². The van der Waals surface area contributed by atoms with Gasteiger partial charge in [0.1, 0.15) is 6.10 Å². The van der Waals surface area contributed by atoms with Crippen molar-refractivity contribution in [3.63, 3.8) is 0 Å². The van der Waals surface area contributed by atoms with Crippen molar-refractivity contribution in [2.45, 2.75) is 20.0 Å². The number of nitrogens with one attached hydrogen (secondary N) is 1. The van der Waals surface area contributed by atoms with Crippen LogP contribution in [0, 0.1) is 5.41 Å².